The Labute approximate surface area is 160 Å². The molecule has 12 heteroatoms. The van der Waals surface area contributed by atoms with Gasteiger partial charge in [0.05, 0.1) is 11.8 Å². The number of aromatic nitrogens is 2. The Morgan fingerprint density at radius 1 is 1.36 bits per heavy atom. The molecule has 0 saturated carbocycles. The van der Waals surface area contributed by atoms with E-state index in [1.54, 1.807) is 20.8 Å². The summed E-state index contributed by atoms with van der Waals surface area (Å²) in [5, 5.41) is 16.0. The van der Waals surface area contributed by atoms with Crippen molar-refractivity contribution < 1.29 is 13.2 Å². The van der Waals surface area contributed by atoms with E-state index in [1.807, 2.05) is 0 Å². The number of anilines is 2. The second-order valence-electron chi connectivity index (χ2n) is 6.00. The van der Waals surface area contributed by atoms with Gasteiger partial charge in [-0.2, -0.15) is 23.3 Å². The fraction of sp³-hybridized carbons (Fsp3) is 0.438. The average molecular weight is 399 g/mol. The molecule has 1 aromatic heterocycles. The lowest BCUT2D eigenvalue weighted by molar-refractivity contribution is -0.137. The summed E-state index contributed by atoms with van der Waals surface area (Å²) in [6.07, 6.45) is -0.130. The average Bonchev–Trinajstić information content (AvgIpc) is 2.60. The summed E-state index contributed by atoms with van der Waals surface area (Å²) >= 11 is 0. The summed E-state index contributed by atoms with van der Waals surface area (Å²) in [6.45, 7) is 5.43. The number of amidine groups is 1. The first-order valence-electron chi connectivity index (χ1n) is 8.24. The van der Waals surface area contributed by atoms with E-state index in [9.17, 15) is 13.2 Å². The summed E-state index contributed by atoms with van der Waals surface area (Å²) < 4.78 is 39.1. The fourth-order valence-electron chi connectivity index (χ4n) is 1.85. The molecule has 28 heavy (non-hydrogen) atoms. The van der Waals surface area contributed by atoms with Gasteiger partial charge >= 0.3 is 6.18 Å². The summed E-state index contributed by atoms with van der Waals surface area (Å²) in [7, 11) is 1.48. The molecule has 0 aliphatic rings. The van der Waals surface area contributed by atoms with E-state index in [4.69, 9.17) is 11.1 Å². The highest BCUT2D eigenvalue weighted by Gasteiger charge is 2.35. The van der Waals surface area contributed by atoms with Crippen LogP contribution in [-0.2, 0) is 6.18 Å². The van der Waals surface area contributed by atoms with Gasteiger partial charge in [-0.25, -0.2) is 4.98 Å². The van der Waals surface area contributed by atoms with Crippen LogP contribution in [0.5, 0.6) is 0 Å². The van der Waals surface area contributed by atoms with Gasteiger partial charge in [0, 0.05) is 37.8 Å². The van der Waals surface area contributed by atoms with Crippen molar-refractivity contribution in [3.8, 4) is 0 Å². The molecule has 1 rings (SSSR count). The number of hydrazone groups is 1. The van der Waals surface area contributed by atoms with Crippen molar-refractivity contribution >= 4 is 30.0 Å². The molecule has 154 valence electrons. The first kappa shape index (κ1) is 22.9. The van der Waals surface area contributed by atoms with Gasteiger partial charge in [0.1, 0.15) is 17.2 Å². The van der Waals surface area contributed by atoms with Crippen molar-refractivity contribution in [2.24, 2.45) is 15.8 Å². The van der Waals surface area contributed by atoms with Crippen molar-refractivity contribution in [3.63, 3.8) is 0 Å². The third-order valence-corrected chi connectivity index (χ3v) is 3.43. The van der Waals surface area contributed by atoms with Gasteiger partial charge in [-0.15, -0.1) is 0 Å². The van der Waals surface area contributed by atoms with Crippen molar-refractivity contribution in [3.05, 3.63) is 23.5 Å². The topological polar surface area (TPSA) is 136 Å². The van der Waals surface area contributed by atoms with Crippen LogP contribution in [0.3, 0.4) is 0 Å². The zero-order valence-corrected chi connectivity index (χ0v) is 16.0. The van der Waals surface area contributed by atoms with Crippen molar-refractivity contribution in [1.82, 2.24) is 15.4 Å². The van der Waals surface area contributed by atoms with Crippen LogP contribution < -0.4 is 21.8 Å². The maximum Gasteiger partial charge on any atom is 0.421 e. The number of halogens is 3. The highest BCUT2D eigenvalue weighted by atomic mass is 19.4. The van der Waals surface area contributed by atoms with E-state index < -0.39 is 17.3 Å². The first-order valence-corrected chi connectivity index (χ1v) is 8.24. The monoisotopic (exact) mass is 399 g/mol. The fourth-order valence-corrected chi connectivity index (χ4v) is 1.85. The van der Waals surface area contributed by atoms with Gasteiger partial charge < -0.3 is 21.8 Å². The molecule has 0 amide bonds. The van der Waals surface area contributed by atoms with Gasteiger partial charge in [-0.1, -0.05) is 0 Å². The van der Waals surface area contributed by atoms with Crippen LogP contribution in [-0.4, -0.2) is 47.4 Å². The molecule has 0 aliphatic carbocycles. The number of aliphatic imine (C=N–C) groups is 1. The maximum atomic E-state index is 13.0. The lowest BCUT2D eigenvalue weighted by atomic mass is 10.0. The third kappa shape index (κ3) is 6.52. The van der Waals surface area contributed by atoms with E-state index in [2.05, 4.69) is 36.1 Å². The van der Waals surface area contributed by atoms with Crippen molar-refractivity contribution in [2.75, 3.05) is 24.2 Å². The molecule has 6 N–H and O–H groups in total. The second kappa shape index (κ2) is 9.67. The van der Waals surface area contributed by atoms with Crippen molar-refractivity contribution in [1.29, 1.82) is 5.41 Å². The molecule has 0 bridgehead atoms. The zero-order chi connectivity index (χ0) is 21.4. The highest BCUT2D eigenvalue weighted by Crippen LogP contribution is 2.33. The van der Waals surface area contributed by atoms with E-state index >= 15 is 0 Å². The standard InChI is InChI=1S/C16H24F3N9/c1-5-23-13-10(16(17,18)19)9-24-14(27-13)26-12(22-4)8-11(21)15(2,3)28-25-7-6-20/h6-9,20,28H,5,21H2,1-4H3,(H2,22,23,24,26,27)/b11-8?,20-6?,25-7-. The number of nitrogens with two attached hydrogens (primary N) is 1. The molecule has 0 aliphatic heterocycles. The van der Waals surface area contributed by atoms with Gasteiger partial charge in [0.25, 0.3) is 0 Å². The summed E-state index contributed by atoms with van der Waals surface area (Å²) in [5.74, 6) is -0.158. The van der Waals surface area contributed by atoms with E-state index in [0.29, 0.717) is 11.9 Å². The Morgan fingerprint density at radius 3 is 2.57 bits per heavy atom. The molecule has 0 radical (unpaired) electrons. The normalized spacial score (nSPS) is 13.5. The Morgan fingerprint density at radius 2 is 2.04 bits per heavy atom. The van der Waals surface area contributed by atoms with Crippen LogP contribution in [0.15, 0.2) is 28.1 Å². The predicted octanol–water partition coefficient (Wildman–Crippen LogP) is 2.21. The Balaban J connectivity index is 3.09. The molecular weight excluding hydrogens is 375 g/mol. The van der Waals surface area contributed by atoms with Gasteiger partial charge in [-0.3, -0.25) is 10.4 Å². The van der Waals surface area contributed by atoms with Gasteiger partial charge in [0.15, 0.2) is 0 Å². The number of hydrogen-bond donors (Lipinski definition) is 5. The van der Waals surface area contributed by atoms with Crippen LogP contribution >= 0.6 is 0 Å². The van der Waals surface area contributed by atoms with Gasteiger partial charge in [-0.05, 0) is 20.8 Å². The number of nitrogens with zero attached hydrogens (tertiary/aromatic N) is 4. The quantitative estimate of drug-likeness (QED) is 0.258. The molecule has 0 unspecified atom stereocenters. The van der Waals surface area contributed by atoms with Crippen LogP contribution in [0, 0.1) is 5.41 Å². The van der Waals surface area contributed by atoms with Crippen molar-refractivity contribution in [2.45, 2.75) is 32.5 Å². The molecule has 0 spiro atoms. The van der Waals surface area contributed by atoms with Crippen LogP contribution in [0.2, 0.25) is 0 Å². The maximum absolute atomic E-state index is 13.0. The number of rotatable bonds is 8. The summed E-state index contributed by atoms with van der Waals surface area (Å²) in [6, 6.07) is 0. The first-order chi connectivity index (χ1) is 13.0. The molecule has 0 saturated heterocycles. The van der Waals surface area contributed by atoms with Crippen LogP contribution in [0.25, 0.3) is 0 Å². The minimum atomic E-state index is -4.57. The smallest absolute Gasteiger partial charge is 0.400 e. The van der Waals surface area contributed by atoms with Gasteiger partial charge in [0.2, 0.25) is 5.95 Å². The lowest BCUT2D eigenvalue weighted by Crippen LogP contribution is -2.41. The molecule has 1 heterocycles. The van der Waals surface area contributed by atoms with E-state index in [0.717, 1.165) is 6.21 Å². The van der Waals surface area contributed by atoms with Crippen LogP contribution in [0.1, 0.15) is 26.3 Å². The minimum absolute atomic E-state index is 0.0683. The lowest BCUT2D eigenvalue weighted by Gasteiger charge is -2.25. The largest absolute Gasteiger partial charge is 0.421 e. The summed E-state index contributed by atoms with van der Waals surface area (Å²) in [4.78, 5) is 11.6. The summed E-state index contributed by atoms with van der Waals surface area (Å²) in [5.41, 5.74) is 7.45. The Hall–Kier alpha value is -3.18. The van der Waals surface area contributed by atoms with Crippen LogP contribution in [0.4, 0.5) is 24.9 Å². The number of alkyl halides is 3. The molecule has 0 atom stereocenters. The molecule has 9 nitrogen and oxygen atoms in total. The number of nitrogens with one attached hydrogen (secondary N) is 4. The Kier molecular flexibility index (Phi) is 7.89. The zero-order valence-electron chi connectivity index (χ0n) is 16.0. The third-order valence-electron chi connectivity index (χ3n) is 3.43. The highest BCUT2D eigenvalue weighted by molar-refractivity contribution is 6.14. The predicted molar refractivity (Wildman–Crippen MR) is 105 cm³/mol. The molecule has 0 fully saturated rings. The number of hydrogen-bond acceptors (Lipinski definition) is 8. The van der Waals surface area contributed by atoms with E-state index in [-0.39, 0.29) is 24.1 Å². The molecule has 1 aromatic rings. The molecular formula is C16H24F3N9. The molecule has 0 aromatic carbocycles. The second-order valence-corrected chi connectivity index (χ2v) is 6.00. The minimum Gasteiger partial charge on any atom is -0.400 e. The van der Waals surface area contributed by atoms with E-state index in [1.165, 1.54) is 19.3 Å². The Bertz CT molecular complexity index is 767. The SMILES string of the molecule is CCNc1nc(NC(C=C(N)C(C)(C)N/N=C\C=N)=NC)ncc1C(F)(F)F.